The molecule has 0 aliphatic heterocycles. The molecule has 1 aromatic carbocycles. The fourth-order valence-corrected chi connectivity index (χ4v) is 1.08. The highest BCUT2D eigenvalue weighted by atomic mass is 16.5. The summed E-state index contributed by atoms with van der Waals surface area (Å²) >= 11 is 0. The van der Waals surface area contributed by atoms with Crippen molar-refractivity contribution >= 4 is 12.0 Å². The average molecular weight is 192 g/mol. The standard InChI is InChI=1S/C11H12O3/c1-8(11(13)14-2)6-9-4-3-5-10(12)7-9/h3-7,12H,1-2H3/b8-6+. The van der Waals surface area contributed by atoms with Gasteiger partial charge in [0, 0.05) is 5.57 Å². The van der Waals surface area contributed by atoms with Crippen molar-refractivity contribution in [2.45, 2.75) is 6.92 Å². The van der Waals surface area contributed by atoms with Gasteiger partial charge in [-0.15, -0.1) is 0 Å². The lowest BCUT2D eigenvalue weighted by atomic mass is 10.1. The highest BCUT2D eigenvalue weighted by Gasteiger charge is 2.02. The van der Waals surface area contributed by atoms with Crippen LogP contribution in [0.15, 0.2) is 29.8 Å². The number of methoxy groups -OCH3 is 1. The predicted octanol–water partition coefficient (Wildman–Crippen LogP) is 1.97. The number of phenolic OH excluding ortho intramolecular Hbond substituents is 1. The van der Waals surface area contributed by atoms with Crippen molar-refractivity contribution < 1.29 is 14.6 Å². The van der Waals surface area contributed by atoms with Crippen LogP contribution in [0.5, 0.6) is 5.75 Å². The van der Waals surface area contributed by atoms with Crippen molar-refractivity contribution in [2.75, 3.05) is 7.11 Å². The van der Waals surface area contributed by atoms with Crippen molar-refractivity contribution in [3.05, 3.63) is 35.4 Å². The van der Waals surface area contributed by atoms with E-state index in [0.29, 0.717) is 5.57 Å². The highest BCUT2D eigenvalue weighted by Crippen LogP contribution is 2.14. The number of rotatable bonds is 2. The molecule has 0 saturated carbocycles. The fourth-order valence-electron chi connectivity index (χ4n) is 1.08. The summed E-state index contributed by atoms with van der Waals surface area (Å²) in [6.45, 7) is 1.66. The van der Waals surface area contributed by atoms with Crippen molar-refractivity contribution in [1.29, 1.82) is 0 Å². The zero-order valence-corrected chi connectivity index (χ0v) is 8.15. The second kappa shape index (κ2) is 4.46. The smallest absolute Gasteiger partial charge is 0.333 e. The topological polar surface area (TPSA) is 46.5 Å². The predicted molar refractivity (Wildman–Crippen MR) is 53.8 cm³/mol. The second-order valence-electron chi connectivity index (χ2n) is 2.91. The number of phenols is 1. The van der Waals surface area contributed by atoms with Gasteiger partial charge in [0.1, 0.15) is 5.75 Å². The average Bonchev–Trinajstić information content (AvgIpc) is 2.16. The first-order valence-electron chi connectivity index (χ1n) is 4.19. The Labute approximate surface area is 82.6 Å². The van der Waals surface area contributed by atoms with E-state index in [1.54, 1.807) is 37.3 Å². The SMILES string of the molecule is COC(=O)/C(C)=C/c1cccc(O)c1. The molecule has 1 aromatic rings. The first kappa shape index (κ1) is 10.3. The summed E-state index contributed by atoms with van der Waals surface area (Å²) in [6, 6.07) is 6.66. The molecule has 0 bridgehead atoms. The van der Waals surface area contributed by atoms with Gasteiger partial charge in [0.05, 0.1) is 7.11 Å². The van der Waals surface area contributed by atoms with E-state index in [1.165, 1.54) is 7.11 Å². The number of benzene rings is 1. The van der Waals surface area contributed by atoms with E-state index in [2.05, 4.69) is 4.74 Å². The fraction of sp³-hybridized carbons (Fsp3) is 0.182. The number of hydrogen-bond donors (Lipinski definition) is 1. The maximum Gasteiger partial charge on any atom is 0.333 e. The molecule has 14 heavy (non-hydrogen) atoms. The van der Waals surface area contributed by atoms with Gasteiger partial charge in [0.25, 0.3) is 0 Å². The molecule has 3 nitrogen and oxygen atoms in total. The number of esters is 1. The van der Waals surface area contributed by atoms with Gasteiger partial charge in [-0.25, -0.2) is 4.79 Å². The Morgan fingerprint density at radius 2 is 2.21 bits per heavy atom. The molecule has 0 aliphatic rings. The zero-order chi connectivity index (χ0) is 10.6. The summed E-state index contributed by atoms with van der Waals surface area (Å²) in [7, 11) is 1.34. The summed E-state index contributed by atoms with van der Waals surface area (Å²) in [4.78, 5) is 11.0. The first-order chi connectivity index (χ1) is 6.63. The number of carbonyl (C=O) groups is 1. The molecule has 0 fully saturated rings. The van der Waals surface area contributed by atoms with Crippen molar-refractivity contribution in [2.24, 2.45) is 0 Å². The second-order valence-corrected chi connectivity index (χ2v) is 2.91. The van der Waals surface area contributed by atoms with Crippen molar-refractivity contribution in [3.63, 3.8) is 0 Å². The summed E-state index contributed by atoms with van der Waals surface area (Å²) in [6.07, 6.45) is 1.66. The Morgan fingerprint density at radius 1 is 1.50 bits per heavy atom. The van der Waals surface area contributed by atoms with Crippen LogP contribution in [0.3, 0.4) is 0 Å². The third-order valence-corrected chi connectivity index (χ3v) is 1.76. The van der Waals surface area contributed by atoms with Crippen molar-refractivity contribution in [1.82, 2.24) is 0 Å². The molecule has 0 atom stereocenters. The van der Waals surface area contributed by atoms with E-state index in [0.717, 1.165) is 5.56 Å². The molecule has 74 valence electrons. The van der Waals surface area contributed by atoms with Gasteiger partial charge >= 0.3 is 5.97 Å². The summed E-state index contributed by atoms with van der Waals surface area (Å²) in [5.41, 5.74) is 1.27. The van der Waals surface area contributed by atoms with Gasteiger partial charge in [-0.2, -0.15) is 0 Å². The number of aromatic hydroxyl groups is 1. The van der Waals surface area contributed by atoms with Gasteiger partial charge in [0.2, 0.25) is 0 Å². The van der Waals surface area contributed by atoms with Gasteiger partial charge in [-0.05, 0) is 30.7 Å². The minimum Gasteiger partial charge on any atom is -0.508 e. The molecule has 1 N–H and O–H groups in total. The van der Waals surface area contributed by atoms with E-state index in [4.69, 9.17) is 0 Å². The van der Waals surface area contributed by atoms with Crippen LogP contribution in [0.1, 0.15) is 12.5 Å². The summed E-state index contributed by atoms with van der Waals surface area (Å²) < 4.78 is 4.54. The van der Waals surface area contributed by atoms with Gasteiger partial charge in [0.15, 0.2) is 0 Å². The lowest BCUT2D eigenvalue weighted by Gasteiger charge is -1.99. The summed E-state index contributed by atoms with van der Waals surface area (Å²) in [5.74, 6) is -0.190. The minimum absolute atomic E-state index is 0.177. The molecule has 3 heteroatoms. The van der Waals surface area contributed by atoms with E-state index in [9.17, 15) is 9.90 Å². The minimum atomic E-state index is -0.367. The molecular weight excluding hydrogens is 180 g/mol. The van der Waals surface area contributed by atoms with Crippen molar-refractivity contribution in [3.8, 4) is 5.75 Å². The van der Waals surface area contributed by atoms with Crippen LogP contribution in [0.25, 0.3) is 6.08 Å². The van der Waals surface area contributed by atoms with Gasteiger partial charge in [-0.3, -0.25) is 0 Å². The third-order valence-electron chi connectivity index (χ3n) is 1.76. The monoisotopic (exact) mass is 192 g/mol. The van der Waals surface area contributed by atoms with Gasteiger partial charge in [-0.1, -0.05) is 12.1 Å². The molecule has 0 spiro atoms. The molecule has 0 radical (unpaired) electrons. The van der Waals surface area contributed by atoms with Crippen LogP contribution in [0.2, 0.25) is 0 Å². The largest absolute Gasteiger partial charge is 0.508 e. The van der Waals surface area contributed by atoms with E-state index >= 15 is 0 Å². The Kier molecular flexibility index (Phi) is 3.29. The summed E-state index contributed by atoms with van der Waals surface area (Å²) in [5, 5.41) is 9.18. The maximum absolute atomic E-state index is 11.0. The van der Waals surface area contributed by atoms with Crippen LogP contribution >= 0.6 is 0 Å². The highest BCUT2D eigenvalue weighted by molar-refractivity contribution is 5.92. The lowest BCUT2D eigenvalue weighted by Crippen LogP contribution is -2.00. The zero-order valence-electron chi connectivity index (χ0n) is 8.15. The first-order valence-corrected chi connectivity index (χ1v) is 4.19. The lowest BCUT2D eigenvalue weighted by molar-refractivity contribution is -0.135. The van der Waals surface area contributed by atoms with Crippen LogP contribution in [0.4, 0.5) is 0 Å². The van der Waals surface area contributed by atoms with Crippen LogP contribution in [-0.2, 0) is 9.53 Å². The van der Waals surface area contributed by atoms with Gasteiger partial charge < -0.3 is 9.84 Å². The molecular formula is C11H12O3. The van der Waals surface area contributed by atoms with E-state index < -0.39 is 0 Å². The maximum atomic E-state index is 11.0. The molecule has 0 heterocycles. The number of hydrogen-bond acceptors (Lipinski definition) is 3. The van der Waals surface area contributed by atoms with Crippen LogP contribution in [-0.4, -0.2) is 18.2 Å². The Morgan fingerprint density at radius 3 is 2.79 bits per heavy atom. The number of ether oxygens (including phenoxy) is 1. The normalized spacial score (nSPS) is 11.1. The van der Waals surface area contributed by atoms with Crippen LogP contribution < -0.4 is 0 Å². The molecule has 0 aromatic heterocycles. The number of carbonyl (C=O) groups excluding carboxylic acids is 1. The van der Waals surface area contributed by atoms with E-state index in [1.807, 2.05) is 0 Å². The quantitative estimate of drug-likeness (QED) is 0.575. The molecule has 0 unspecified atom stereocenters. The molecule has 0 amide bonds. The Bertz CT molecular complexity index is 367. The van der Waals surface area contributed by atoms with E-state index in [-0.39, 0.29) is 11.7 Å². The third kappa shape index (κ3) is 2.62. The Balaban J connectivity index is 2.91. The molecule has 0 aliphatic carbocycles. The molecule has 1 rings (SSSR count). The molecule has 0 saturated heterocycles. The van der Waals surface area contributed by atoms with Crippen LogP contribution in [0, 0.1) is 0 Å². The Hall–Kier alpha value is -1.77.